The third-order valence-electron chi connectivity index (χ3n) is 1.72. The second-order valence-corrected chi connectivity index (χ2v) is 2.52. The van der Waals surface area contributed by atoms with Crippen molar-refractivity contribution in [3.8, 4) is 0 Å². The SMILES string of the molecule is O=C(O)C1=C(O)C([N+](=O)[O-])=CCC1. The van der Waals surface area contributed by atoms with Gasteiger partial charge in [0.25, 0.3) is 0 Å². The Bertz CT molecular complexity index is 328. The molecule has 6 heteroatoms. The van der Waals surface area contributed by atoms with Crippen LogP contribution in [0.5, 0.6) is 0 Å². The molecule has 0 spiro atoms. The molecular weight excluding hydrogens is 178 g/mol. The number of aliphatic hydroxyl groups is 1. The summed E-state index contributed by atoms with van der Waals surface area (Å²) in [6.07, 6.45) is 1.60. The van der Waals surface area contributed by atoms with Crippen molar-refractivity contribution < 1.29 is 19.9 Å². The number of aliphatic hydroxyl groups excluding tert-OH is 1. The first-order valence-electron chi connectivity index (χ1n) is 3.54. The fourth-order valence-electron chi connectivity index (χ4n) is 1.09. The zero-order chi connectivity index (χ0) is 10.0. The summed E-state index contributed by atoms with van der Waals surface area (Å²) in [4.78, 5) is 20.0. The number of hydrogen-bond acceptors (Lipinski definition) is 4. The Morgan fingerprint density at radius 3 is 2.69 bits per heavy atom. The van der Waals surface area contributed by atoms with E-state index in [4.69, 9.17) is 10.2 Å². The minimum absolute atomic E-state index is 0.124. The molecule has 0 saturated heterocycles. The Hall–Kier alpha value is -1.85. The van der Waals surface area contributed by atoms with E-state index in [1.807, 2.05) is 0 Å². The van der Waals surface area contributed by atoms with Crippen molar-refractivity contribution in [2.75, 3.05) is 0 Å². The van der Waals surface area contributed by atoms with Gasteiger partial charge in [0.1, 0.15) is 0 Å². The van der Waals surface area contributed by atoms with Crippen LogP contribution < -0.4 is 0 Å². The van der Waals surface area contributed by atoms with E-state index >= 15 is 0 Å². The summed E-state index contributed by atoms with van der Waals surface area (Å²) in [5, 5.41) is 28.0. The fourth-order valence-corrected chi connectivity index (χ4v) is 1.09. The number of hydrogen-bond donors (Lipinski definition) is 2. The summed E-state index contributed by atoms with van der Waals surface area (Å²) in [5.74, 6) is -2.05. The number of carboxylic acid groups (broad SMARTS) is 1. The third-order valence-corrected chi connectivity index (χ3v) is 1.72. The van der Waals surface area contributed by atoms with Crippen LogP contribution in [0.4, 0.5) is 0 Å². The highest BCUT2D eigenvalue weighted by Crippen LogP contribution is 2.23. The lowest BCUT2D eigenvalue weighted by molar-refractivity contribution is -0.424. The predicted molar refractivity (Wildman–Crippen MR) is 41.6 cm³/mol. The van der Waals surface area contributed by atoms with Gasteiger partial charge in [0.2, 0.25) is 5.76 Å². The maximum atomic E-state index is 10.5. The molecule has 2 N–H and O–H groups in total. The molecular formula is C7H7NO5. The van der Waals surface area contributed by atoms with Crippen molar-refractivity contribution in [3.63, 3.8) is 0 Å². The smallest absolute Gasteiger partial charge is 0.335 e. The van der Waals surface area contributed by atoms with Gasteiger partial charge in [0.05, 0.1) is 10.5 Å². The first-order valence-corrected chi connectivity index (χ1v) is 3.54. The number of aliphatic carboxylic acids is 1. The standard InChI is InChI=1S/C7H7NO5/c9-6-4(7(10)11)2-1-3-5(6)8(12)13/h3,9H,1-2H2,(H,10,11). The van der Waals surface area contributed by atoms with Crippen molar-refractivity contribution in [1.29, 1.82) is 0 Å². The summed E-state index contributed by atoms with van der Waals surface area (Å²) in [6.45, 7) is 0. The zero-order valence-corrected chi connectivity index (χ0v) is 6.56. The maximum absolute atomic E-state index is 10.5. The molecule has 1 aliphatic carbocycles. The lowest BCUT2D eigenvalue weighted by Gasteiger charge is -2.08. The first-order chi connectivity index (χ1) is 6.04. The normalized spacial score (nSPS) is 16.8. The average Bonchev–Trinajstić information content (AvgIpc) is 2.03. The highest BCUT2D eigenvalue weighted by atomic mass is 16.6. The number of rotatable bonds is 2. The molecule has 0 unspecified atom stereocenters. The second-order valence-electron chi connectivity index (χ2n) is 2.52. The van der Waals surface area contributed by atoms with Crippen LogP contribution >= 0.6 is 0 Å². The molecule has 13 heavy (non-hydrogen) atoms. The zero-order valence-electron chi connectivity index (χ0n) is 6.56. The highest BCUT2D eigenvalue weighted by Gasteiger charge is 2.27. The van der Waals surface area contributed by atoms with Crippen molar-refractivity contribution in [1.82, 2.24) is 0 Å². The molecule has 0 aromatic heterocycles. The number of carboxylic acids is 1. The largest absolute Gasteiger partial charge is 0.502 e. The molecule has 0 amide bonds. The Balaban J connectivity index is 3.10. The van der Waals surface area contributed by atoms with E-state index in [0.29, 0.717) is 0 Å². The van der Waals surface area contributed by atoms with Crippen LogP contribution in [0, 0.1) is 10.1 Å². The van der Waals surface area contributed by atoms with E-state index in [-0.39, 0.29) is 18.4 Å². The van der Waals surface area contributed by atoms with E-state index in [1.54, 1.807) is 0 Å². The fraction of sp³-hybridized carbons (Fsp3) is 0.286. The number of carbonyl (C=O) groups is 1. The van der Waals surface area contributed by atoms with Gasteiger partial charge in [-0.15, -0.1) is 0 Å². The van der Waals surface area contributed by atoms with E-state index in [0.717, 1.165) is 0 Å². The Labute approximate surface area is 72.9 Å². The summed E-state index contributed by atoms with van der Waals surface area (Å²) in [5.41, 5.74) is -0.821. The number of nitro groups is 1. The van der Waals surface area contributed by atoms with Gasteiger partial charge in [0, 0.05) is 0 Å². The summed E-state index contributed by atoms with van der Waals surface area (Å²) < 4.78 is 0. The van der Waals surface area contributed by atoms with Crippen molar-refractivity contribution in [2.24, 2.45) is 0 Å². The number of allylic oxidation sites excluding steroid dienone is 1. The van der Waals surface area contributed by atoms with Gasteiger partial charge in [-0.05, 0) is 18.9 Å². The molecule has 0 radical (unpaired) electrons. The highest BCUT2D eigenvalue weighted by molar-refractivity contribution is 5.88. The maximum Gasteiger partial charge on any atom is 0.335 e. The molecule has 0 aliphatic heterocycles. The molecule has 0 atom stereocenters. The Kier molecular flexibility index (Phi) is 2.32. The summed E-state index contributed by atoms with van der Waals surface area (Å²) >= 11 is 0. The molecule has 1 rings (SSSR count). The first kappa shape index (κ1) is 9.24. The molecule has 70 valence electrons. The van der Waals surface area contributed by atoms with E-state index < -0.39 is 22.3 Å². The molecule has 0 aromatic rings. The van der Waals surface area contributed by atoms with Gasteiger partial charge in [-0.3, -0.25) is 10.1 Å². The molecule has 6 nitrogen and oxygen atoms in total. The topological polar surface area (TPSA) is 101 Å². The van der Waals surface area contributed by atoms with Crippen LogP contribution in [0.25, 0.3) is 0 Å². The van der Waals surface area contributed by atoms with E-state index in [1.165, 1.54) is 6.08 Å². The van der Waals surface area contributed by atoms with Crippen LogP contribution in [-0.2, 0) is 4.79 Å². The van der Waals surface area contributed by atoms with Crippen LogP contribution in [0.3, 0.4) is 0 Å². The molecule has 1 aliphatic rings. The van der Waals surface area contributed by atoms with Gasteiger partial charge < -0.3 is 10.2 Å². The van der Waals surface area contributed by atoms with Crippen LogP contribution in [0.1, 0.15) is 12.8 Å². The Morgan fingerprint density at radius 2 is 2.23 bits per heavy atom. The van der Waals surface area contributed by atoms with Crippen LogP contribution in [0.2, 0.25) is 0 Å². The van der Waals surface area contributed by atoms with Crippen LogP contribution in [0.15, 0.2) is 23.1 Å². The third kappa shape index (κ3) is 1.66. The molecule has 0 bridgehead atoms. The lowest BCUT2D eigenvalue weighted by Crippen LogP contribution is -2.13. The average molecular weight is 185 g/mol. The summed E-state index contributed by atoms with van der Waals surface area (Å²) in [6, 6.07) is 0. The quantitative estimate of drug-likeness (QED) is 0.490. The molecule has 0 fully saturated rings. The van der Waals surface area contributed by atoms with Crippen molar-refractivity contribution >= 4 is 5.97 Å². The Morgan fingerprint density at radius 1 is 1.62 bits per heavy atom. The van der Waals surface area contributed by atoms with Crippen LogP contribution in [-0.4, -0.2) is 21.1 Å². The summed E-state index contributed by atoms with van der Waals surface area (Å²) in [7, 11) is 0. The second kappa shape index (κ2) is 3.26. The molecule has 0 heterocycles. The minimum atomic E-state index is -1.31. The van der Waals surface area contributed by atoms with Gasteiger partial charge in [-0.25, -0.2) is 4.79 Å². The van der Waals surface area contributed by atoms with Gasteiger partial charge in [0.15, 0.2) is 0 Å². The van der Waals surface area contributed by atoms with Gasteiger partial charge >= 0.3 is 11.7 Å². The molecule has 0 aromatic carbocycles. The molecule has 0 saturated carbocycles. The lowest BCUT2D eigenvalue weighted by atomic mass is 10.0. The van der Waals surface area contributed by atoms with Crippen molar-refractivity contribution in [3.05, 3.63) is 33.2 Å². The van der Waals surface area contributed by atoms with E-state index in [2.05, 4.69) is 0 Å². The van der Waals surface area contributed by atoms with E-state index in [9.17, 15) is 14.9 Å². The number of nitrogens with zero attached hydrogens (tertiary/aromatic N) is 1. The monoisotopic (exact) mass is 185 g/mol. The predicted octanol–water partition coefficient (Wildman–Crippen LogP) is 0.838. The van der Waals surface area contributed by atoms with Gasteiger partial charge in [-0.2, -0.15) is 0 Å². The minimum Gasteiger partial charge on any atom is -0.502 e. The van der Waals surface area contributed by atoms with Gasteiger partial charge in [-0.1, -0.05) is 0 Å². The van der Waals surface area contributed by atoms with Crippen molar-refractivity contribution in [2.45, 2.75) is 12.8 Å².